The van der Waals surface area contributed by atoms with Gasteiger partial charge in [0.2, 0.25) is 11.8 Å². The van der Waals surface area contributed by atoms with E-state index < -0.39 is 21.7 Å². The number of aliphatic carboxylic acids is 1. The van der Waals surface area contributed by atoms with Crippen LogP contribution in [0.3, 0.4) is 0 Å². The standard InChI is InChI=1S/C20H27N3O7S.C2H4O2/c1-29-15-3-4-16-17(11-15)30-9-7-21-18(24)12-23(8-2-6-22-19(16)25)20(26)14-5-10-31(27,28)13-14;1-2(3)4/h3-4,11,14H,2,5-10,12-13H2,1H3,(H,21,24)(H,22,25);1H3,(H,3,4). The third kappa shape index (κ3) is 9.08. The predicted molar refractivity (Wildman–Crippen MR) is 125 cm³/mol. The molecule has 3 rings (SSSR count). The zero-order valence-corrected chi connectivity index (χ0v) is 20.6. The molecule has 1 fully saturated rings. The first-order chi connectivity index (χ1) is 16.5. The molecule has 13 heteroatoms. The normalized spacial score (nSPS) is 20.5. The van der Waals surface area contributed by atoms with Crippen molar-refractivity contribution in [3.63, 3.8) is 0 Å². The number of fused-ring (bicyclic) bond motifs is 1. The number of nitrogens with one attached hydrogen (secondary N) is 2. The number of hydrogen-bond donors (Lipinski definition) is 3. The number of rotatable bonds is 2. The van der Waals surface area contributed by atoms with Crippen molar-refractivity contribution in [3.8, 4) is 11.5 Å². The summed E-state index contributed by atoms with van der Waals surface area (Å²) in [6.07, 6.45) is 0.681. The molecule has 1 aromatic rings. The van der Waals surface area contributed by atoms with Crippen LogP contribution in [0.1, 0.15) is 30.1 Å². The Morgan fingerprint density at radius 3 is 2.54 bits per heavy atom. The topological polar surface area (TPSA) is 168 Å². The van der Waals surface area contributed by atoms with Gasteiger partial charge in [-0.1, -0.05) is 0 Å². The smallest absolute Gasteiger partial charge is 0.300 e. The molecule has 194 valence electrons. The number of carbonyl (C=O) groups is 4. The summed E-state index contributed by atoms with van der Waals surface area (Å²) in [7, 11) is -1.70. The molecule has 0 aromatic heterocycles. The average Bonchev–Trinajstić information content (AvgIpc) is 3.16. The summed E-state index contributed by atoms with van der Waals surface area (Å²) in [5.74, 6) is -1.79. The van der Waals surface area contributed by atoms with E-state index in [1.807, 2.05) is 0 Å². The molecule has 2 heterocycles. The summed E-state index contributed by atoms with van der Waals surface area (Å²) in [5, 5.41) is 12.9. The zero-order chi connectivity index (χ0) is 26.0. The van der Waals surface area contributed by atoms with Crippen molar-refractivity contribution in [2.45, 2.75) is 19.8 Å². The molecule has 3 N–H and O–H groups in total. The number of amides is 3. The van der Waals surface area contributed by atoms with Crippen LogP contribution >= 0.6 is 0 Å². The van der Waals surface area contributed by atoms with E-state index in [2.05, 4.69) is 10.6 Å². The van der Waals surface area contributed by atoms with Gasteiger partial charge < -0.3 is 30.1 Å². The summed E-state index contributed by atoms with van der Waals surface area (Å²) in [6, 6.07) is 4.87. The Morgan fingerprint density at radius 1 is 1.20 bits per heavy atom. The third-order valence-electron chi connectivity index (χ3n) is 5.23. The molecule has 1 atom stereocenters. The van der Waals surface area contributed by atoms with Gasteiger partial charge in [-0.2, -0.15) is 0 Å². The van der Waals surface area contributed by atoms with Crippen LogP contribution in [0, 0.1) is 5.92 Å². The van der Waals surface area contributed by atoms with Crippen molar-refractivity contribution in [2.75, 3.05) is 51.4 Å². The lowest BCUT2D eigenvalue weighted by Crippen LogP contribution is -2.45. The second kappa shape index (κ2) is 12.9. The van der Waals surface area contributed by atoms with E-state index in [0.717, 1.165) is 6.92 Å². The molecule has 2 aliphatic rings. The zero-order valence-electron chi connectivity index (χ0n) is 19.7. The number of methoxy groups -OCH3 is 1. The molecule has 1 unspecified atom stereocenters. The van der Waals surface area contributed by atoms with Gasteiger partial charge in [-0.3, -0.25) is 19.2 Å². The molecule has 0 radical (unpaired) electrons. The van der Waals surface area contributed by atoms with Crippen LogP contribution in [0.2, 0.25) is 0 Å². The van der Waals surface area contributed by atoms with Gasteiger partial charge in [0, 0.05) is 26.1 Å². The van der Waals surface area contributed by atoms with E-state index >= 15 is 0 Å². The number of benzene rings is 1. The number of carboxylic acid groups (broad SMARTS) is 1. The Hall–Kier alpha value is -3.35. The molecule has 3 amide bonds. The van der Waals surface area contributed by atoms with Crippen LogP contribution in [0.5, 0.6) is 11.5 Å². The first-order valence-electron chi connectivity index (χ1n) is 11.1. The number of ether oxygens (including phenoxy) is 2. The monoisotopic (exact) mass is 513 g/mol. The van der Waals surface area contributed by atoms with Gasteiger partial charge in [-0.25, -0.2) is 8.42 Å². The lowest BCUT2D eigenvalue weighted by Gasteiger charge is -2.25. The maximum atomic E-state index is 12.8. The summed E-state index contributed by atoms with van der Waals surface area (Å²) >= 11 is 0. The number of carboxylic acids is 1. The van der Waals surface area contributed by atoms with Crippen LogP contribution in [-0.4, -0.2) is 93.5 Å². The Bertz CT molecular complexity index is 1040. The Kier molecular flexibility index (Phi) is 10.3. The van der Waals surface area contributed by atoms with Gasteiger partial charge in [0.25, 0.3) is 11.9 Å². The molecule has 0 aliphatic carbocycles. The minimum Gasteiger partial charge on any atom is -0.497 e. The van der Waals surface area contributed by atoms with E-state index in [1.165, 1.54) is 12.0 Å². The Balaban J connectivity index is 0.00000100. The van der Waals surface area contributed by atoms with Crippen molar-refractivity contribution in [1.29, 1.82) is 0 Å². The Morgan fingerprint density at radius 2 is 1.91 bits per heavy atom. The largest absolute Gasteiger partial charge is 0.497 e. The molecule has 0 spiro atoms. The van der Waals surface area contributed by atoms with Gasteiger partial charge in [-0.15, -0.1) is 0 Å². The van der Waals surface area contributed by atoms with Gasteiger partial charge in [0.05, 0.1) is 43.2 Å². The third-order valence-corrected chi connectivity index (χ3v) is 7.00. The maximum Gasteiger partial charge on any atom is 0.300 e. The van der Waals surface area contributed by atoms with Crippen LogP contribution in [-0.2, 0) is 24.2 Å². The molecule has 35 heavy (non-hydrogen) atoms. The molecule has 2 aliphatic heterocycles. The van der Waals surface area contributed by atoms with Crippen LogP contribution < -0.4 is 20.1 Å². The molecular weight excluding hydrogens is 482 g/mol. The second-order valence-electron chi connectivity index (χ2n) is 8.05. The van der Waals surface area contributed by atoms with Gasteiger partial charge in [0.1, 0.15) is 18.1 Å². The van der Waals surface area contributed by atoms with Crippen molar-refractivity contribution >= 4 is 33.5 Å². The van der Waals surface area contributed by atoms with E-state index in [0.29, 0.717) is 23.5 Å². The van der Waals surface area contributed by atoms with Crippen LogP contribution in [0.15, 0.2) is 18.2 Å². The maximum absolute atomic E-state index is 12.8. The fraction of sp³-hybridized carbons (Fsp3) is 0.545. The molecule has 1 aromatic carbocycles. The van der Waals surface area contributed by atoms with E-state index in [-0.39, 0.29) is 68.4 Å². The predicted octanol–water partition coefficient (Wildman–Crippen LogP) is -0.322. The summed E-state index contributed by atoms with van der Waals surface area (Å²) in [5.41, 5.74) is 0.341. The highest BCUT2D eigenvalue weighted by molar-refractivity contribution is 7.91. The van der Waals surface area contributed by atoms with E-state index in [4.69, 9.17) is 19.4 Å². The second-order valence-corrected chi connectivity index (χ2v) is 10.3. The highest BCUT2D eigenvalue weighted by Crippen LogP contribution is 2.25. The van der Waals surface area contributed by atoms with Crippen molar-refractivity contribution in [2.24, 2.45) is 5.92 Å². The highest BCUT2D eigenvalue weighted by atomic mass is 32.2. The molecule has 1 saturated heterocycles. The molecular formula is C22H31N3O9S. The van der Waals surface area contributed by atoms with Crippen LogP contribution in [0.25, 0.3) is 0 Å². The number of hydrogen-bond acceptors (Lipinski definition) is 8. The van der Waals surface area contributed by atoms with Gasteiger partial charge in [0.15, 0.2) is 9.84 Å². The molecule has 0 bridgehead atoms. The molecule has 0 saturated carbocycles. The van der Waals surface area contributed by atoms with Crippen molar-refractivity contribution < 1.29 is 42.2 Å². The van der Waals surface area contributed by atoms with Gasteiger partial charge >= 0.3 is 0 Å². The average molecular weight is 514 g/mol. The first kappa shape index (κ1) is 27.9. The minimum atomic E-state index is -3.21. The number of carbonyl (C=O) groups excluding carboxylic acids is 3. The van der Waals surface area contributed by atoms with E-state index in [9.17, 15) is 22.8 Å². The highest BCUT2D eigenvalue weighted by Gasteiger charge is 2.35. The molecule has 12 nitrogen and oxygen atoms in total. The number of nitrogens with zero attached hydrogens (tertiary/aromatic N) is 1. The minimum absolute atomic E-state index is 0.0129. The lowest BCUT2D eigenvalue weighted by molar-refractivity contribution is -0.138. The van der Waals surface area contributed by atoms with Crippen molar-refractivity contribution in [3.05, 3.63) is 23.8 Å². The summed E-state index contributed by atoms with van der Waals surface area (Å²) < 4.78 is 34.3. The van der Waals surface area contributed by atoms with E-state index in [1.54, 1.807) is 18.2 Å². The Labute approximate surface area is 203 Å². The van der Waals surface area contributed by atoms with Crippen LogP contribution in [0.4, 0.5) is 0 Å². The quantitative estimate of drug-likeness (QED) is 0.480. The fourth-order valence-electron chi connectivity index (χ4n) is 3.60. The summed E-state index contributed by atoms with van der Waals surface area (Å²) in [4.78, 5) is 48.1. The van der Waals surface area contributed by atoms with Gasteiger partial charge in [-0.05, 0) is 25.0 Å². The first-order valence-corrected chi connectivity index (χ1v) is 12.9. The number of sulfone groups is 1. The SMILES string of the molecule is CC(=O)O.COc1ccc2c(c1)OCCNC(=O)CN(C(=O)C1CCS(=O)(=O)C1)CCCNC2=O. The fourth-order valence-corrected chi connectivity index (χ4v) is 5.33. The summed E-state index contributed by atoms with van der Waals surface area (Å²) in [6.45, 7) is 1.71. The van der Waals surface area contributed by atoms with Crippen molar-refractivity contribution in [1.82, 2.24) is 15.5 Å². The lowest BCUT2D eigenvalue weighted by atomic mass is 10.1.